The fraction of sp³-hybridized carbons (Fsp3) is 0.214. The number of ether oxygens (including phenoxy) is 1. The Morgan fingerprint density at radius 3 is 2.75 bits per heavy atom. The van der Waals surface area contributed by atoms with Gasteiger partial charge in [0.1, 0.15) is 6.07 Å². The van der Waals surface area contributed by atoms with Crippen LogP contribution in [0.4, 0.5) is 5.69 Å². The third kappa shape index (κ3) is 2.95. The summed E-state index contributed by atoms with van der Waals surface area (Å²) in [5.41, 5.74) is 7.21. The molecule has 0 fully saturated rings. The van der Waals surface area contributed by atoms with Crippen LogP contribution in [0.5, 0.6) is 0 Å². The van der Waals surface area contributed by atoms with Gasteiger partial charge in [-0.25, -0.2) is 9.48 Å². The summed E-state index contributed by atoms with van der Waals surface area (Å²) in [5.74, 6) is -0.604. The monoisotopic (exact) mass is 270 g/mol. The van der Waals surface area contributed by atoms with Crippen LogP contribution in [-0.4, -0.2) is 21.9 Å². The van der Waals surface area contributed by atoms with Gasteiger partial charge in [0.15, 0.2) is 11.8 Å². The van der Waals surface area contributed by atoms with E-state index in [9.17, 15) is 4.79 Å². The van der Waals surface area contributed by atoms with Crippen LogP contribution in [0.2, 0.25) is 0 Å². The number of nitriles is 1. The quantitative estimate of drug-likeness (QED) is 0.676. The van der Waals surface area contributed by atoms with Crippen molar-refractivity contribution in [2.75, 3.05) is 5.73 Å². The summed E-state index contributed by atoms with van der Waals surface area (Å²) in [4.78, 5) is 11.8. The number of nitrogen functional groups attached to an aromatic ring is 1. The highest BCUT2D eigenvalue weighted by Crippen LogP contribution is 2.11. The third-order valence-electron chi connectivity index (χ3n) is 2.72. The van der Waals surface area contributed by atoms with Crippen LogP contribution < -0.4 is 5.73 Å². The summed E-state index contributed by atoms with van der Waals surface area (Å²) in [6.45, 7) is 1.77. The van der Waals surface area contributed by atoms with Crippen molar-refractivity contribution in [3.8, 4) is 11.8 Å². The third-order valence-corrected chi connectivity index (χ3v) is 2.72. The number of nitrogens with zero attached hydrogens (tertiary/aromatic N) is 3. The number of aromatic nitrogens is 2. The van der Waals surface area contributed by atoms with E-state index in [0.29, 0.717) is 12.1 Å². The van der Waals surface area contributed by atoms with E-state index in [0.717, 1.165) is 5.69 Å². The standard InChI is InChI=1S/C14H14N4O2/c1-2-12(9-15)20-14(19)13-7-8-18(17-13)11-5-3-10(16)4-6-11/h3-8,12H,2,16H2,1H3. The van der Waals surface area contributed by atoms with E-state index in [-0.39, 0.29) is 5.69 Å². The summed E-state index contributed by atoms with van der Waals surface area (Å²) >= 11 is 0. The van der Waals surface area contributed by atoms with Crippen molar-refractivity contribution in [2.24, 2.45) is 0 Å². The first-order valence-corrected chi connectivity index (χ1v) is 6.16. The van der Waals surface area contributed by atoms with E-state index in [1.54, 1.807) is 48.1 Å². The van der Waals surface area contributed by atoms with Crippen LogP contribution in [0.15, 0.2) is 36.5 Å². The van der Waals surface area contributed by atoms with Crippen LogP contribution >= 0.6 is 0 Å². The van der Waals surface area contributed by atoms with Gasteiger partial charge in [-0.3, -0.25) is 0 Å². The molecule has 1 unspecified atom stereocenters. The van der Waals surface area contributed by atoms with Crippen LogP contribution in [0.1, 0.15) is 23.8 Å². The molecule has 6 heteroatoms. The second-order valence-corrected chi connectivity index (χ2v) is 4.17. The number of carbonyl (C=O) groups excluding carboxylic acids is 1. The molecule has 2 rings (SSSR count). The molecule has 0 aliphatic heterocycles. The Hall–Kier alpha value is -2.81. The Bertz CT molecular complexity index is 640. The van der Waals surface area contributed by atoms with Gasteiger partial charge < -0.3 is 10.5 Å². The molecule has 2 N–H and O–H groups in total. The van der Waals surface area contributed by atoms with Gasteiger partial charge in [-0.05, 0) is 36.8 Å². The molecule has 1 atom stereocenters. The first-order chi connectivity index (χ1) is 9.63. The molecule has 6 nitrogen and oxygen atoms in total. The summed E-state index contributed by atoms with van der Waals surface area (Å²) in [6, 6.07) is 10.5. The SMILES string of the molecule is CCC(C#N)OC(=O)c1ccn(-c2ccc(N)cc2)n1. The number of rotatable bonds is 4. The molecule has 0 amide bonds. The average Bonchev–Trinajstić information content (AvgIpc) is 2.95. The minimum Gasteiger partial charge on any atom is -0.442 e. The van der Waals surface area contributed by atoms with Gasteiger partial charge >= 0.3 is 5.97 Å². The number of hydrogen-bond donors (Lipinski definition) is 1. The fourth-order valence-corrected chi connectivity index (χ4v) is 1.59. The number of benzene rings is 1. The Labute approximate surface area is 116 Å². The number of hydrogen-bond acceptors (Lipinski definition) is 5. The van der Waals surface area contributed by atoms with Gasteiger partial charge in [0.2, 0.25) is 0 Å². The van der Waals surface area contributed by atoms with E-state index in [1.165, 1.54) is 0 Å². The molecule has 0 saturated carbocycles. The van der Waals surface area contributed by atoms with Crippen molar-refractivity contribution in [1.29, 1.82) is 5.26 Å². The summed E-state index contributed by atoms with van der Waals surface area (Å²) in [5, 5.41) is 12.9. The van der Waals surface area contributed by atoms with Gasteiger partial charge in [-0.15, -0.1) is 0 Å². The smallest absolute Gasteiger partial charge is 0.360 e. The molecule has 20 heavy (non-hydrogen) atoms. The molecular formula is C14H14N4O2. The molecule has 102 valence electrons. The second-order valence-electron chi connectivity index (χ2n) is 4.17. The van der Waals surface area contributed by atoms with Crippen molar-refractivity contribution in [2.45, 2.75) is 19.4 Å². The lowest BCUT2D eigenvalue weighted by Gasteiger charge is -2.06. The minimum absolute atomic E-state index is 0.163. The normalized spacial score (nSPS) is 11.6. The van der Waals surface area contributed by atoms with E-state index < -0.39 is 12.1 Å². The Morgan fingerprint density at radius 1 is 1.45 bits per heavy atom. The molecule has 2 aromatic rings. The molecule has 0 bridgehead atoms. The maximum atomic E-state index is 11.8. The minimum atomic E-state index is -0.746. The molecule has 0 spiro atoms. The van der Waals surface area contributed by atoms with Crippen LogP contribution in [0, 0.1) is 11.3 Å². The predicted molar refractivity (Wildman–Crippen MR) is 73.1 cm³/mol. The zero-order chi connectivity index (χ0) is 14.5. The number of nitrogens with two attached hydrogens (primary N) is 1. The highest BCUT2D eigenvalue weighted by molar-refractivity contribution is 5.87. The van der Waals surface area contributed by atoms with Crippen molar-refractivity contribution >= 4 is 11.7 Å². The van der Waals surface area contributed by atoms with Crippen LogP contribution in [-0.2, 0) is 4.74 Å². The molecular weight excluding hydrogens is 256 g/mol. The largest absolute Gasteiger partial charge is 0.442 e. The highest BCUT2D eigenvalue weighted by atomic mass is 16.5. The molecule has 0 aliphatic carbocycles. The Morgan fingerprint density at radius 2 is 2.15 bits per heavy atom. The van der Waals surface area contributed by atoms with E-state index in [4.69, 9.17) is 15.7 Å². The number of esters is 1. The summed E-state index contributed by atoms with van der Waals surface area (Å²) < 4.78 is 6.55. The van der Waals surface area contributed by atoms with Gasteiger partial charge in [-0.2, -0.15) is 10.4 Å². The molecule has 0 saturated heterocycles. The topological polar surface area (TPSA) is 93.9 Å². The van der Waals surface area contributed by atoms with Crippen LogP contribution in [0.25, 0.3) is 5.69 Å². The van der Waals surface area contributed by atoms with Crippen molar-refractivity contribution in [1.82, 2.24) is 9.78 Å². The molecule has 1 aromatic carbocycles. The lowest BCUT2D eigenvalue weighted by Crippen LogP contribution is -2.16. The highest BCUT2D eigenvalue weighted by Gasteiger charge is 2.16. The maximum Gasteiger partial charge on any atom is 0.360 e. The lowest BCUT2D eigenvalue weighted by atomic mass is 10.3. The first-order valence-electron chi connectivity index (χ1n) is 6.16. The predicted octanol–water partition coefficient (Wildman–Crippen LogP) is 1.91. The lowest BCUT2D eigenvalue weighted by molar-refractivity contribution is 0.0393. The van der Waals surface area contributed by atoms with Crippen molar-refractivity contribution in [3.63, 3.8) is 0 Å². The summed E-state index contributed by atoms with van der Waals surface area (Å²) in [7, 11) is 0. The molecule has 1 heterocycles. The summed E-state index contributed by atoms with van der Waals surface area (Å²) in [6.07, 6.45) is 1.35. The van der Waals surface area contributed by atoms with Crippen molar-refractivity contribution < 1.29 is 9.53 Å². The molecule has 1 aromatic heterocycles. The second kappa shape index (κ2) is 5.89. The van der Waals surface area contributed by atoms with Gasteiger partial charge in [0, 0.05) is 11.9 Å². The van der Waals surface area contributed by atoms with E-state index in [2.05, 4.69) is 5.10 Å². The first kappa shape index (κ1) is 13.6. The van der Waals surface area contributed by atoms with Gasteiger partial charge in [0.05, 0.1) is 5.69 Å². The van der Waals surface area contributed by atoms with Crippen molar-refractivity contribution in [3.05, 3.63) is 42.2 Å². The molecule has 0 radical (unpaired) electrons. The van der Waals surface area contributed by atoms with Crippen LogP contribution in [0.3, 0.4) is 0 Å². The van der Waals surface area contributed by atoms with E-state index >= 15 is 0 Å². The zero-order valence-electron chi connectivity index (χ0n) is 11.0. The fourth-order valence-electron chi connectivity index (χ4n) is 1.59. The zero-order valence-corrected chi connectivity index (χ0v) is 11.0. The van der Waals surface area contributed by atoms with E-state index in [1.807, 2.05) is 6.07 Å². The number of anilines is 1. The average molecular weight is 270 g/mol. The molecule has 0 aliphatic rings. The Kier molecular flexibility index (Phi) is 4.01. The number of carbonyl (C=O) groups is 1. The van der Waals surface area contributed by atoms with Gasteiger partial charge in [0.25, 0.3) is 0 Å². The maximum absolute atomic E-state index is 11.8. The Balaban J connectivity index is 2.15. The van der Waals surface area contributed by atoms with Gasteiger partial charge in [-0.1, -0.05) is 6.92 Å².